The molecular weight excluding hydrogens is 426 g/mol. The maximum atomic E-state index is 12.9. The van der Waals surface area contributed by atoms with Crippen LogP contribution in [0.15, 0.2) is 71.6 Å². The van der Waals surface area contributed by atoms with Crippen LogP contribution in [0.25, 0.3) is 10.8 Å². The van der Waals surface area contributed by atoms with E-state index in [2.05, 4.69) is 41.2 Å². The molecule has 8 heteroatoms. The van der Waals surface area contributed by atoms with E-state index < -0.39 is 14.9 Å². The van der Waals surface area contributed by atoms with Crippen molar-refractivity contribution in [3.63, 3.8) is 0 Å². The summed E-state index contributed by atoms with van der Waals surface area (Å²) in [4.78, 5) is 10.3. The molecule has 32 heavy (non-hydrogen) atoms. The Bertz CT molecular complexity index is 1210. The summed E-state index contributed by atoms with van der Waals surface area (Å²) in [5, 5.41) is 16.9. The summed E-state index contributed by atoms with van der Waals surface area (Å²) in [6.45, 7) is 2.11. The van der Waals surface area contributed by atoms with Gasteiger partial charge in [0.25, 0.3) is 5.69 Å². The largest absolute Gasteiger partial charge is 0.306 e. The van der Waals surface area contributed by atoms with Gasteiger partial charge in [-0.2, -0.15) is 0 Å². The zero-order valence-electron chi connectivity index (χ0n) is 17.9. The highest BCUT2D eigenvalue weighted by Gasteiger charge is 2.31. The highest BCUT2D eigenvalue weighted by atomic mass is 32.2. The first kappa shape index (κ1) is 22.4. The number of sulfonamides is 1. The molecule has 0 heterocycles. The minimum atomic E-state index is -3.78. The number of hydrogen-bond acceptors (Lipinski definition) is 5. The molecule has 3 aromatic carbocycles. The van der Waals surface area contributed by atoms with Gasteiger partial charge in [-0.1, -0.05) is 55.3 Å². The van der Waals surface area contributed by atoms with E-state index in [1.807, 2.05) is 18.2 Å². The lowest BCUT2D eigenvalue weighted by atomic mass is 9.89. The summed E-state index contributed by atoms with van der Waals surface area (Å²) in [7, 11) is -3.78. The highest BCUT2D eigenvalue weighted by molar-refractivity contribution is 7.89. The van der Waals surface area contributed by atoms with Gasteiger partial charge >= 0.3 is 0 Å². The molecule has 0 aromatic heterocycles. The monoisotopic (exact) mass is 453 g/mol. The molecule has 0 spiro atoms. The third-order valence-electron chi connectivity index (χ3n) is 6.18. The summed E-state index contributed by atoms with van der Waals surface area (Å²) in [5.74, 6) is 0. The van der Waals surface area contributed by atoms with Gasteiger partial charge in [0.1, 0.15) is 0 Å². The van der Waals surface area contributed by atoms with Crippen LogP contribution < -0.4 is 10.0 Å². The van der Waals surface area contributed by atoms with E-state index in [9.17, 15) is 18.5 Å². The molecular formula is C24H27N3O4S. The summed E-state index contributed by atoms with van der Waals surface area (Å²) in [5.41, 5.74) is 1.05. The Balaban J connectivity index is 1.52. The number of hydrogen-bond donors (Lipinski definition) is 2. The third kappa shape index (κ3) is 4.82. The van der Waals surface area contributed by atoms with Gasteiger partial charge in [0.05, 0.1) is 9.82 Å². The van der Waals surface area contributed by atoms with E-state index in [0.29, 0.717) is 0 Å². The van der Waals surface area contributed by atoms with Crippen LogP contribution in [0.5, 0.6) is 0 Å². The average Bonchev–Trinajstić information content (AvgIpc) is 2.80. The number of nitro benzene ring substituents is 1. The van der Waals surface area contributed by atoms with Crippen molar-refractivity contribution >= 4 is 26.5 Å². The van der Waals surface area contributed by atoms with E-state index in [1.165, 1.54) is 40.6 Å². The van der Waals surface area contributed by atoms with Crippen molar-refractivity contribution in [1.29, 1.82) is 0 Å². The first-order valence-electron chi connectivity index (χ1n) is 10.9. The molecule has 3 atom stereocenters. The van der Waals surface area contributed by atoms with Crippen molar-refractivity contribution in [3.05, 3.63) is 82.4 Å². The van der Waals surface area contributed by atoms with Gasteiger partial charge in [-0.05, 0) is 48.2 Å². The van der Waals surface area contributed by atoms with Crippen LogP contribution in [-0.4, -0.2) is 25.4 Å². The van der Waals surface area contributed by atoms with Crippen molar-refractivity contribution in [2.75, 3.05) is 0 Å². The number of non-ortho nitro benzene ring substituents is 1. The summed E-state index contributed by atoms with van der Waals surface area (Å²) in [6, 6.07) is 19.3. The molecule has 0 bridgehead atoms. The Labute approximate surface area is 188 Å². The molecule has 1 unspecified atom stereocenters. The maximum absolute atomic E-state index is 12.9. The fourth-order valence-corrected chi connectivity index (χ4v) is 5.84. The second-order valence-corrected chi connectivity index (χ2v) is 10.0. The molecule has 0 saturated heterocycles. The van der Waals surface area contributed by atoms with Crippen molar-refractivity contribution < 1.29 is 13.3 Å². The van der Waals surface area contributed by atoms with Crippen LogP contribution in [0.1, 0.15) is 44.2 Å². The van der Waals surface area contributed by atoms with Crippen molar-refractivity contribution in [1.82, 2.24) is 10.0 Å². The number of nitro groups is 1. The first-order valence-corrected chi connectivity index (χ1v) is 12.3. The maximum Gasteiger partial charge on any atom is 0.269 e. The molecule has 168 valence electrons. The predicted molar refractivity (Wildman–Crippen MR) is 125 cm³/mol. The van der Waals surface area contributed by atoms with Crippen LogP contribution in [-0.2, 0) is 10.0 Å². The Morgan fingerprint density at radius 3 is 2.31 bits per heavy atom. The summed E-state index contributed by atoms with van der Waals surface area (Å²) < 4.78 is 28.7. The normalized spacial score (nSPS) is 20.2. The SMILES string of the molecule is CC(N[C@@H]1CCCC[C@H]1NS(=O)(=O)c1ccc([N+](=O)[O-])cc1)c1cccc2ccccc12. The second kappa shape index (κ2) is 9.36. The van der Waals surface area contributed by atoms with Gasteiger partial charge in [-0.3, -0.25) is 10.1 Å². The first-order chi connectivity index (χ1) is 15.3. The molecule has 0 aliphatic heterocycles. The molecule has 1 saturated carbocycles. The van der Waals surface area contributed by atoms with Crippen LogP contribution in [0.2, 0.25) is 0 Å². The molecule has 1 aliphatic rings. The second-order valence-electron chi connectivity index (χ2n) is 8.33. The average molecular weight is 454 g/mol. The van der Waals surface area contributed by atoms with Crippen LogP contribution in [0, 0.1) is 10.1 Å². The number of nitrogens with zero attached hydrogens (tertiary/aromatic N) is 1. The zero-order valence-corrected chi connectivity index (χ0v) is 18.7. The Morgan fingerprint density at radius 2 is 1.59 bits per heavy atom. The molecule has 0 radical (unpaired) electrons. The molecule has 7 nitrogen and oxygen atoms in total. The lowest BCUT2D eigenvalue weighted by molar-refractivity contribution is -0.384. The molecule has 2 N–H and O–H groups in total. The van der Waals surface area contributed by atoms with Crippen LogP contribution in [0.3, 0.4) is 0 Å². The predicted octanol–water partition coefficient (Wildman–Crippen LogP) is 4.69. The lowest BCUT2D eigenvalue weighted by Gasteiger charge is -2.35. The number of fused-ring (bicyclic) bond motifs is 1. The van der Waals surface area contributed by atoms with Gasteiger partial charge in [0.2, 0.25) is 10.0 Å². The number of rotatable bonds is 7. The summed E-state index contributed by atoms with van der Waals surface area (Å²) in [6.07, 6.45) is 3.61. The topological polar surface area (TPSA) is 101 Å². The zero-order chi connectivity index (χ0) is 22.7. The quantitative estimate of drug-likeness (QED) is 0.399. The lowest BCUT2D eigenvalue weighted by Crippen LogP contribution is -2.52. The van der Waals surface area contributed by atoms with Gasteiger partial charge in [0.15, 0.2) is 0 Å². The molecule has 3 aromatic rings. The van der Waals surface area contributed by atoms with E-state index >= 15 is 0 Å². The highest BCUT2D eigenvalue weighted by Crippen LogP contribution is 2.28. The van der Waals surface area contributed by atoms with Gasteiger partial charge in [-0.25, -0.2) is 13.1 Å². The third-order valence-corrected chi connectivity index (χ3v) is 7.69. The molecule has 0 amide bonds. The minimum Gasteiger partial charge on any atom is -0.306 e. The van der Waals surface area contributed by atoms with Crippen molar-refractivity contribution in [2.45, 2.75) is 55.6 Å². The number of benzene rings is 3. The summed E-state index contributed by atoms with van der Waals surface area (Å²) >= 11 is 0. The van der Waals surface area contributed by atoms with Gasteiger partial charge in [-0.15, -0.1) is 0 Å². The molecule has 4 rings (SSSR count). The fraction of sp³-hybridized carbons (Fsp3) is 0.333. The van der Waals surface area contributed by atoms with E-state index in [-0.39, 0.29) is 28.7 Å². The van der Waals surface area contributed by atoms with Gasteiger partial charge in [0, 0.05) is 30.3 Å². The molecule has 1 aliphatic carbocycles. The Kier molecular flexibility index (Phi) is 6.55. The van der Waals surface area contributed by atoms with E-state index in [1.54, 1.807) is 0 Å². The fourth-order valence-electron chi connectivity index (χ4n) is 4.52. The standard InChI is InChI=1S/C24H27N3O4S/c1-17(21-10-6-8-18-7-2-3-9-22(18)21)25-23-11-4-5-12-24(23)26-32(30,31)20-15-13-19(14-16-20)27(28)29/h2-3,6-10,13-17,23-26H,4-5,11-12H2,1H3/t17?,23-,24-/m1/s1. The van der Waals surface area contributed by atoms with Crippen LogP contribution in [0.4, 0.5) is 5.69 Å². The number of nitrogens with one attached hydrogen (secondary N) is 2. The van der Waals surface area contributed by atoms with E-state index in [4.69, 9.17) is 0 Å². The smallest absolute Gasteiger partial charge is 0.269 e. The minimum absolute atomic E-state index is 0.00876. The van der Waals surface area contributed by atoms with Crippen molar-refractivity contribution in [2.24, 2.45) is 0 Å². The Morgan fingerprint density at radius 1 is 0.938 bits per heavy atom. The van der Waals surface area contributed by atoms with Crippen LogP contribution >= 0.6 is 0 Å². The Hall–Kier alpha value is -2.81. The van der Waals surface area contributed by atoms with Gasteiger partial charge < -0.3 is 5.32 Å². The van der Waals surface area contributed by atoms with E-state index in [0.717, 1.165) is 25.7 Å². The molecule has 1 fully saturated rings. The van der Waals surface area contributed by atoms with Crippen molar-refractivity contribution in [3.8, 4) is 0 Å².